The molecule has 1 aromatic heterocycles. The Morgan fingerprint density at radius 1 is 1.83 bits per heavy atom. The van der Waals surface area contributed by atoms with E-state index in [0.29, 0.717) is 0 Å². The summed E-state index contributed by atoms with van der Waals surface area (Å²) >= 11 is 0. The van der Waals surface area contributed by atoms with E-state index in [1.165, 1.54) is 6.92 Å². The first-order valence-electron chi connectivity index (χ1n) is 3.29. The van der Waals surface area contributed by atoms with E-state index in [0.717, 1.165) is 6.20 Å². The molecule has 6 heteroatoms. The Hall–Kier alpha value is -1.43. The van der Waals surface area contributed by atoms with Crippen LogP contribution in [0.25, 0.3) is 0 Å². The molecule has 12 heavy (non-hydrogen) atoms. The summed E-state index contributed by atoms with van der Waals surface area (Å²) in [6.07, 6.45) is -0.0751. The van der Waals surface area contributed by atoms with Crippen molar-refractivity contribution >= 4 is 5.82 Å². The number of nitrogens with one attached hydrogen (secondary N) is 2. The number of aromatic nitrogens is 2. The van der Waals surface area contributed by atoms with Crippen molar-refractivity contribution in [3.05, 3.63) is 22.5 Å². The first-order chi connectivity index (χ1) is 5.59. The molecule has 1 aromatic rings. The largest absolute Gasteiger partial charge is 0.374 e. The van der Waals surface area contributed by atoms with Gasteiger partial charge in [0.15, 0.2) is 11.6 Å². The molecule has 66 valence electrons. The molecule has 0 spiro atoms. The van der Waals surface area contributed by atoms with Gasteiger partial charge < -0.3 is 15.4 Å². The molecule has 0 aliphatic carbocycles. The van der Waals surface area contributed by atoms with Crippen LogP contribution in [-0.2, 0) is 0 Å². The van der Waals surface area contributed by atoms with Gasteiger partial charge in [0.05, 0.1) is 0 Å². The fraction of sp³-hybridized carbons (Fsp3) is 0.333. The molecule has 0 aliphatic rings. The topological polar surface area (TPSA) is 78.0 Å². The number of H-pyrrole nitrogens is 1. The lowest BCUT2D eigenvalue weighted by atomic mass is 10.5. The van der Waals surface area contributed by atoms with Crippen molar-refractivity contribution in [2.24, 2.45) is 0 Å². The van der Waals surface area contributed by atoms with E-state index in [1.54, 1.807) is 0 Å². The Kier molecular flexibility index (Phi) is 2.39. The van der Waals surface area contributed by atoms with E-state index in [9.17, 15) is 9.18 Å². The maximum Gasteiger partial charge on any atom is 0.347 e. The van der Waals surface area contributed by atoms with Crippen molar-refractivity contribution in [1.82, 2.24) is 9.97 Å². The lowest BCUT2D eigenvalue weighted by Crippen LogP contribution is -2.20. The zero-order valence-corrected chi connectivity index (χ0v) is 6.34. The van der Waals surface area contributed by atoms with Crippen molar-refractivity contribution < 1.29 is 9.50 Å². The molecule has 3 N–H and O–H groups in total. The highest BCUT2D eigenvalue weighted by Crippen LogP contribution is 2.05. The number of aliphatic hydroxyl groups is 1. The monoisotopic (exact) mass is 173 g/mol. The van der Waals surface area contributed by atoms with Gasteiger partial charge in [-0.1, -0.05) is 0 Å². The van der Waals surface area contributed by atoms with Gasteiger partial charge in [-0.05, 0) is 6.92 Å². The summed E-state index contributed by atoms with van der Waals surface area (Å²) in [5.74, 6) is -0.968. The van der Waals surface area contributed by atoms with Crippen LogP contribution in [0.4, 0.5) is 10.2 Å². The zero-order valence-electron chi connectivity index (χ0n) is 6.34. The second-order valence-electron chi connectivity index (χ2n) is 2.22. The Bertz CT molecular complexity index is 323. The smallest absolute Gasteiger partial charge is 0.347 e. The first-order valence-corrected chi connectivity index (χ1v) is 3.29. The molecule has 0 saturated heterocycles. The van der Waals surface area contributed by atoms with E-state index in [4.69, 9.17) is 5.11 Å². The van der Waals surface area contributed by atoms with Gasteiger partial charge in [-0.3, -0.25) is 0 Å². The SMILES string of the molecule is CC(O)Nc1nc(=O)[nH]cc1F. The zero-order chi connectivity index (χ0) is 9.14. The molecule has 0 amide bonds. The highest BCUT2D eigenvalue weighted by atomic mass is 19.1. The average molecular weight is 173 g/mol. The van der Waals surface area contributed by atoms with Crippen LogP contribution in [0, 0.1) is 5.82 Å². The molecule has 0 bridgehead atoms. The van der Waals surface area contributed by atoms with Crippen molar-refractivity contribution in [3.8, 4) is 0 Å². The number of nitrogens with zero attached hydrogens (tertiary/aromatic N) is 1. The average Bonchev–Trinajstić information content (AvgIpc) is 1.96. The van der Waals surface area contributed by atoms with Crippen LogP contribution in [0.1, 0.15) is 6.92 Å². The number of aliphatic hydroxyl groups excluding tert-OH is 1. The van der Waals surface area contributed by atoms with E-state index in [-0.39, 0.29) is 5.82 Å². The second-order valence-corrected chi connectivity index (χ2v) is 2.22. The quantitative estimate of drug-likeness (QED) is 0.534. The van der Waals surface area contributed by atoms with Crippen molar-refractivity contribution in [3.63, 3.8) is 0 Å². The van der Waals surface area contributed by atoms with Crippen molar-refractivity contribution in [2.45, 2.75) is 13.2 Å². The maximum atomic E-state index is 12.7. The Balaban J connectivity index is 2.97. The standard InChI is InChI=1S/C6H8FN3O2/c1-3(11)9-5-4(7)2-8-6(12)10-5/h2-3,11H,1H3,(H2,8,9,10,12). The maximum absolute atomic E-state index is 12.7. The molecule has 1 atom stereocenters. The fourth-order valence-electron chi connectivity index (χ4n) is 0.680. The second kappa shape index (κ2) is 3.31. The number of halogens is 1. The molecule has 0 fully saturated rings. The van der Waals surface area contributed by atoms with E-state index in [2.05, 4.69) is 10.3 Å². The molecule has 1 heterocycles. The number of rotatable bonds is 2. The molecule has 0 aliphatic heterocycles. The molecule has 0 radical (unpaired) electrons. The van der Waals surface area contributed by atoms with Gasteiger partial charge in [0, 0.05) is 6.20 Å². The van der Waals surface area contributed by atoms with Gasteiger partial charge in [0.1, 0.15) is 6.23 Å². The predicted molar refractivity (Wildman–Crippen MR) is 40.1 cm³/mol. The molecular formula is C6H8FN3O2. The number of anilines is 1. The summed E-state index contributed by atoms with van der Waals surface area (Å²) in [7, 11) is 0. The van der Waals surface area contributed by atoms with Gasteiger partial charge in [0.25, 0.3) is 0 Å². The summed E-state index contributed by atoms with van der Waals surface area (Å²) < 4.78 is 12.7. The van der Waals surface area contributed by atoms with Gasteiger partial charge >= 0.3 is 5.69 Å². The summed E-state index contributed by atoms with van der Waals surface area (Å²) in [4.78, 5) is 15.9. The van der Waals surface area contributed by atoms with E-state index >= 15 is 0 Å². The van der Waals surface area contributed by atoms with Gasteiger partial charge in [0.2, 0.25) is 0 Å². The first kappa shape index (κ1) is 8.66. The Morgan fingerprint density at radius 3 is 3.08 bits per heavy atom. The van der Waals surface area contributed by atoms with Crippen LogP contribution < -0.4 is 11.0 Å². The third-order valence-electron chi connectivity index (χ3n) is 1.11. The highest BCUT2D eigenvalue weighted by Gasteiger charge is 2.05. The number of hydrogen-bond acceptors (Lipinski definition) is 4. The molecule has 1 unspecified atom stereocenters. The predicted octanol–water partition coefficient (Wildman–Crippen LogP) is -0.341. The normalized spacial score (nSPS) is 12.6. The lowest BCUT2D eigenvalue weighted by molar-refractivity contribution is 0.223. The molecule has 1 rings (SSSR count). The van der Waals surface area contributed by atoms with Gasteiger partial charge in [-0.2, -0.15) is 4.98 Å². The van der Waals surface area contributed by atoms with Crippen LogP contribution in [0.3, 0.4) is 0 Å². The third-order valence-corrected chi connectivity index (χ3v) is 1.11. The summed E-state index contributed by atoms with van der Waals surface area (Å²) in [6.45, 7) is 1.39. The Morgan fingerprint density at radius 2 is 2.50 bits per heavy atom. The van der Waals surface area contributed by atoms with Crippen LogP contribution in [0.2, 0.25) is 0 Å². The molecule has 5 nitrogen and oxygen atoms in total. The lowest BCUT2D eigenvalue weighted by Gasteiger charge is -2.06. The summed E-state index contributed by atoms with van der Waals surface area (Å²) in [5.41, 5.74) is -0.667. The summed E-state index contributed by atoms with van der Waals surface area (Å²) in [6, 6.07) is 0. The van der Waals surface area contributed by atoms with E-state index < -0.39 is 17.7 Å². The Labute approximate surface area is 67.3 Å². The van der Waals surface area contributed by atoms with Crippen LogP contribution in [-0.4, -0.2) is 21.3 Å². The molecular weight excluding hydrogens is 165 g/mol. The number of aromatic amines is 1. The minimum Gasteiger partial charge on any atom is -0.374 e. The van der Waals surface area contributed by atoms with Crippen LogP contribution in [0.5, 0.6) is 0 Å². The van der Waals surface area contributed by atoms with Gasteiger partial charge in [-0.25, -0.2) is 9.18 Å². The van der Waals surface area contributed by atoms with Crippen LogP contribution >= 0.6 is 0 Å². The van der Waals surface area contributed by atoms with Crippen molar-refractivity contribution in [1.29, 1.82) is 0 Å². The van der Waals surface area contributed by atoms with Gasteiger partial charge in [-0.15, -0.1) is 0 Å². The third kappa shape index (κ3) is 2.03. The number of hydrogen-bond donors (Lipinski definition) is 3. The highest BCUT2D eigenvalue weighted by molar-refractivity contribution is 5.33. The van der Waals surface area contributed by atoms with E-state index in [1.807, 2.05) is 4.98 Å². The minimum atomic E-state index is -0.950. The fourth-order valence-corrected chi connectivity index (χ4v) is 0.680. The summed E-state index contributed by atoms with van der Waals surface area (Å²) in [5, 5.41) is 11.1. The molecule has 0 saturated carbocycles. The van der Waals surface area contributed by atoms with Crippen LogP contribution in [0.15, 0.2) is 11.0 Å². The minimum absolute atomic E-state index is 0.256. The van der Waals surface area contributed by atoms with Crippen molar-refractivity contribution in [2.75, 3.05) is 5.32 Å². The molecule has 0 aromatic carbocycles.